The lowest BCUT2D eigenvalue weighted by Crippen LogP contribution is -2.12. The van der Waals surface area contributed by atoms with Crippen LogP contribution in [0.5, 0.6) is 5.75 Å². The molecule has 0 aliphatic heterocycles. The van der Waals surface area contributed by atoms with Crippen LogP contribution >= 0.6 is 34.3 Å². The minimum Gasteiger partial charge on any atom is -0.494 e. The predicted octanol–water partition coefficient (Wildman–Crippen LogP) is 11.6. The number of alkyl halides is 6. The number of nitrogens with zero attached hydrogens (tertiary/aromatic N) is 12. The second kappa shape index (κ2) is 44.4. The number of fused-ring (bicyclic) bond motifs is 2. The van der Waals surface area contributed by atoms with E-state index in [0.29, 0.717) is 54.4 Å². The number of aromatic nitrogens is 5. The summed E-state index contributed by atoms with van der Waals surface area (Å²) in [5.41, 5.74) is -3.44. The molecule has 0 unspecified atom stereocenters. The Labute approximate surface area is 734 Å². The molecule has 43 nitrogen and oxygen atoms in total. The van der Waals surface area contributed by atoms with Crippen molar-refractivity contribution in [2.24, 2.45) is 0 Å². The maximum Gasteiger partial charge on any atom is 0.417 e. The highest BCUT2D eigenvalue weighted by atomic mass is 35.5. The fraction of sp³-hybridized carbons (Fsp3) is 0.194. The van der Waals surface area contributed by atoms with Gasteiger partial charge < -0.3 is 4.74 Å². The molecule has 0 fully saturated rings. The summed E-state index contributed by atoms with van der Waals surface area (Å²) in [6.45, 7) is 2.49. The summed E-state index contributed by atoms with van der Waals surface area (Å²) in [6.07, 6.45) is 1.87. The smallest absolute Gasteiger partial charge is 0.417 e. The molecule has 0 bridgehead atoms. The quantitative estimate of drug-likeness (QED) is 0.0464. The van der Waals surface area contributed by atoms with E-state index in [-0.39, 0.29) is 61.7 Å². The molecule has 11 rings (SSSR count). The van der Waals surface area contributed by atoms with Crippen molar-refractivity contribution >= 4 is 177 Å². The monoisotopic (exact) mass is 2030 g/mol. The first-order valence-corrected chi connectivity index (χ1v) is 51.9. The Morgan fingerprint density at radius 3 is 1.13 bits per heavy atom. The number of non-ortho nitro benzene ring substituents is 4. The topological polar surface area (TPSA) is 664 Å². The van der Waals surface area contributed by atoms with Crippen LogP contribution in [0.25, 0.3) is 20.4 Å². The number of pyridine rings is 3. The molecule has 0 radical (unpaired) electrons. The Morgan fingerprint density at radius 1 is 0.391 bits per heavy atom. The maximum absolute atomic E-state index is 12.5. The third-order valence-electron chi connectivity index (χ3n) is 14.2. The minimum atomic E-state index is -4.97. The van der Waals surface area contributed by atoms with Crippen molar-refractivity contribution in [3.63, 3.8) is 0 Å². The van der Waals surface area contributed by atoms with E-state index in [2.05, 4.69) is 24.9 Å². The third kappa shape index (κ3) is 35.5. The lowest BCUT2D eigenvalue weighted by Gasteiger charge is -2.10. The van der Waals surface area contributed by atoms with Gasteiger partial charge in [0.05, 0.1) is 99.0 Å². The number of hydrogen-bond acceptors (Lipinski definition) is 39. The predicted molar refractivity (Wildman–Crippen MR) is 447 cm³/mol. The lowest BCUT2D eigenvalue weighted by atomic mass is 10.2. The van der Waals surface area contributed by atoms with Crippen molar-refractivity contribution in [1.82, 2.24) is 24.9 Å². The van der Waals surface area contributed by atoms with Crippen molar-refractivity contribution < 1.29 is 136 Å². The molecule has 0 atom stereocenters. The Balaban J connectivity index is 0.000000372. The maximum atomic E-state index is 12.5. The SMILES string of the molecule is CCOc1ccc2nc(S(C)(=O)=O)sc2c1.CS(=O)(=O)c1ccc(C#N)cn1.CS(=O)(=O)c1ccc(C(F)(F)F)cn1.CS(=O)(=O)c1ccc([N+](=O)[O-])cc1.CS(=O)(=O)c1ccc([N+](=O)[O-])cc1C(F)(F)F.CS(=O)(=O)c1ccc([N+](=O)[O-])cc1Cl.CS(=O)(=O)c1ccc([N+](=O)[O-])cc1[N+](=O)[O-].CS(=O)(=O)c1ccc([N+](=O)[O-])cn1.CS(=O)(=O)c1nc2ccccc2s1. The van der Waals surface area contributed by atoms with E-state index < -0.39 is 168 Å². The molecule has 0 amide bonds. The first-order valence-electron chi connectivity index (χ1n) is 32.9. The first kappa shape index (κ1) is 110. The molecule has 0 saturated carbocycles. The fourth-order valence-electron chi connectivity index (χ4n) is 8.41. The van der Waals surface area contributed by atoms with Gasteiger partial charge in [-0.2, -0.15) is 31.6 Å². The van der Waals surface area contributed by atoms with Gasteiger partial charge in [0, 0.05) is 117 Å². The van der Waals surface area contributed by atoms with Crippen molar-refractivity contribution in [3.8, 4) is 11.8 Å². The van der Waals surface area contributed by atoms with E-state index in [9.17, 15) is 163 Å². The molecule has 128 heavy (non-hydrogen) atoms. The van der Waals surface area contributed by atoms with Gasteiger partial charge in [-0.15, -0.1) is 22.7 Å². The van der Waals surface area contributed by atoms with Crippen LogP contribution in [0.4, 0.5) is 60.5 Å². The largest absolute Gasteiger partial charge is 0.494 e. The van der Waals surface area contributed by atoms with E-state index in [0.717, 1.165) is 131 Å². The van der Waals surface area contributed by atoms with E-state index in [1.165, 1.54) is 59.4 Å². The summed E-state index contributed by atoms with van der Waals surface area (Å²) in [4.78, 5) is 74.1. The van der Waals surface area contributed by atoms with Gasteiger partial charge in [-0.25, -0.2) is 101 Å². The van der Waals surface area contributed by atoms with Gasteiger partial charge in [0.15, 0.2) is 83.9 Å². The number of hydrogen-bond donors (Lipinski definition) is 0. The van der Waals surface area contributed by atoms with Crippen molar-refractivity contribution in [1.29, 1.82) is 5.26 Å². The second-order valence-corrected chi connectivity index (χ2v) is 45.4. The molecule has 5 heterocycles. The molecule has 61 heteroatoms. The molecule has 0 spiro atoms. The third-order valence-corrected chi connectivity index (χ3v) is 27.6. The van der Waals surface area contributed by atoms with Gasteiger partial charge >= 0.3 is 12.4 Å². The molecular formula is C67H61ClF6N12O31S11. The number of ether oxygens (including phenoxy) is 1. The normalized spacial score (nSPS) is 11.7. The van der Waals surface area contributed by atoms with Crippen molar-refractivity contribution in [3.05, 3.63) is 259 Å². The van der Waals surface area contributed by atoms with Crippen LogP contribution < -0.4 is 4.74 Å². The van der Waals surface area contributed by atoms with Gasteiger partial charge in [0.25, 0.3) is 34.1 Å². The first-order chi connectivity index (χ1) is 58.2. The average molecular weight is 2030 g/mol. The molecule has 0 aliphatic rings. The Kier molecular flexibility index (Phi) is 38.1. The van der Waals surface area contributed by atoms with E-state index >= 15 is 0 Å². The highest BCUT2D eigenvalue weighted by Gasteiger charge is 2.38. The van der Waals surface area contributed by atoms with Gasteiger partial charge in [0.2, 0.25) is 28.4 Å². The van der Waals surface area contributed by atoms with Crippen molar-refractivity contribution in [2.75, 3.05) is 62.9 Å². The molecule has 6 aromatic carbocycles. The zero-order valence-electron chi connectivity index (χ0n) is 66.1. The van der Waals surface area contributed by atoms with Crippen LogP contribution in [0, 0.1) is 72.0 Å². The van der Waals surface area contributed by atoms with E-state index in [4.69, 9.17) is 21.6 Å². The van der Waals surface area contributed by atoms with Crippen LogP contribution in [-0.4, -0.2) is 193 Å². The number of halogens is 7. The number of nitriles is 1. The summed E-state index contributed by atoms with van der Waals surface area (Å²) < 4.78 is 280. The number of para-hydroxylation sites is 1. The van der Waals surface area contributed by atoms with Gasteiger partial charge in [-0.05, 0) is 97.9 Å². The average Bonchev–Trinajstić information content (AvgIpc) is 1.17. The number of nitro benzene ring substituents is 5. The zero-order valence-corrected chi connectivity index (χ0v) is 75.8. The summed E-state index contributed by atoms with van der Waals surface area (Å²) >= 11 is 7.94. The van der Waals surface area contributed by atoms with Gasteiger partial charge in [0.1, 0.15) is 22.9 Å². The molecule has 5 aromatic heterocycles. The highest BCUT2D eigenvalue weighted by Crippen LogP contribution is 2.37. The number of rotatable bonds is 17. The fourth-order valence-corrected chi connectivity index (χ4v) is 17.5. The van der Waals surface area contributed by atoms with Gasteiger partial charge in [-0.1, -0.05) is 23.7 Å². The standard InChI is InChI=1S/C10H11NO3S2.C8H6F3NO4S.C8H7NO2S2.C7H6ClNO4S.C7H6F3NO2S.C7H6N2O6S.C7H6N2O2S.C7H7NO4S.C6H6N2O4S/c1-3-14-7-4-5-8-9(6-7)15-10(11-8)16(2,12)13;1-17(15,16)7-3-2-5(12(13)14)4-6(7)8(9,10)11;1-13(10,11)8-9-6-4-2-3-5-7(6)12-8;1-14(12,13)7-3-2-5(9(10)11)4-6(7)8;1-14(12,13)6-3-2-5(4-11-6)7(8,9)10;1-16(14,15)7-3-2-5(8(10)11)4-6(7)9(12)13;1-12(10,11)7-3-2-6(4-8)5-9-7;1-13(11,12)7-4-2-6(3-5-7)8(9)10;1-13(11,12)6-3-2-5(4-7-6)8(9)10/h4-6H,3H2,1-2H3;2-4H,1H3;2-5H,1H3;2*2-4H,1H3;2-4H,1H3;2-3,5H,1H3;2-5H,1H3;2-4H,1H3. The number of benzene rings is 6. The highest BCUT2D eigenvalue weighted by molar-refractivity contribution is 7.93. The van der Waals surface area contributed by atoms with Crippen LogP contribution in [0.3, 0.4) is 0 Å². The Bertz CT molecular complexity index is 7050. The van der Waals surface area contributed by atoms with E-state index in [1.54, 1.807) is 18.2 Å². The zero-order chi connectivity index (χ0) is 98.4. The number of sulfone groups is 9. The molecule has 690 valence electrons. The summed E-state index contributed by atoms with van der Waals surface area (Å²) in [7, 11) is -31.1. The lowest BCUT2D eigenvalue weighted by molar-refractivity contribution is -0.396. The van der Waals surface area contributed by atoms with Crippen LogP contribution in [0.1, 0.15) is 23.6 Å². The molecule has 0 N–H and O–H groups in total. The molecule has 0 saturated heterocycles. The van der Waals surface area contributed by atoms with Gasteiger partial charge in [-0.3, -0.25) is 60.7 Å². The van der Waals surface area contributed by atoms with Crippen LogP contribution in [-0.2, 0) is 101 Å². The van der Waals surface area contributed by atoms with E-state index in [1.807, 2.05) is 37.3 Å². The van der Waals surface area contributed by atoms with Crippen LogP contribution in [0.2, 0.25) is 5.02 Å². The summed E-state index contributed by atoms with van der Waals surface area (Å²) in [5.74, 6) is 0.735. The summed E-state index contributed by atoms with van der Waals surface area (Å²) in [6, 6.07) is 32.9. The molecule has 0 aliphatic carbocycles. The minimum absolute atomic E-state index is 0.0125. The molecule has 11 aromatic rings. The Hall–Kier alpha value is -12.3. The Morgan fingerprint density at radius 2 is 0.781 bits per heavy atom. The molecular weight excluding hydrogens is 1970 g/mol. The van der Waals surface area contributed by atoms with Crippen molar-refractivity contribution in [2.45, 2.75) is 62.6 Å². The number of nitro groups is 6. The number of thiazole rings is 2. The second-order valence-electron chi connectivity index (χ2n) is 24.7. The van der Waals surface area contributed by atoms with Crippen LogP contribution in [0.15, 0.2) is 220 Å². The summed E-state index contributed by atoms with van der Waals surface area (Å²) in [5, 5.41) is 69.7.